The topological polar surface area (TPSA) is 102 Å². The number of nitrogens with one attached hydrogen (secondary N) is 2. The van der Waals surface area contributed by atoms with E-state index in [0.29, 0.717) is 44.1 Å². The van der Waals surface area contributed by atoms with Crippen molar-refractivity contribution in [3.05, 3.63) is 35.4 Å². The van der Waals surface area contributed by atoms with Gasteiger partial charge in [-0.05, 0) is 43.4 Å². The van der Waals surface area contributed by atoms with Crippen molar-refractivity contribution < 1.29 is 19.8 Å². The molecule has 4 N–H and O–H groups in total. The summed E-state index contributed by atoms with van der Waals surface area (Å²) in [5.41, 5.74) is 1.82. The number of aliphatic hydroxyl groups excluding tert-OH is 1. The minimum absolute atomic E-state index is 0.00723. The normalized spacial score (nSPS) is 18.1. The van der Waals surface area contributed by atoms with Gasteiger partial charge in [0.25, 0.3) is 5.91 Å². The van der Waals surface area contributed by atoms with Crippen LogP contribution in [0.1, 0.15) is 55.5 Å². The van der Waals surface area contributed by atoms with Crippen molar-refractivity contribution in [2.24, 2.45) is 5.92 Å². The second kappa shape index (κ2) is 11.0. The van der Waals surface area contributed by atoms with E-state index in [0.717, 1.165) is 24.9 Å². The number of likely N-dealkylation sites (tertiary alicyclic amines) is 1. The Morgan fingerprint density at radius 1 is 1.25 bits per heavy atom. The maximum atomic E-state index is 12.8. The lowest BCUT2D eigenvalue weighted by Gasteiger charge is -2.35. The Morgan fingerprint density at radius 3 is 2.61 bits per heavy atom. The molecule has 28 heavy (non-hydrogen) atoms. The highest BCUT2D eigenvalue weighted by atomic mass is 16.4. The summed E-state index contributed by atoms with van der Waals surface area (Å²) in [6, 6.07) is 8.12. The van der Waals surface area contributed by atoms with E-state index in [2.05, 4.69) is 24.5 Å². The van der Waals surface area contributed by atoms with Gasteiger partial charge in [-0.25, -0.2) is 4.79 Å². The second-order valence-corrected chi connectivity index (χ2v) is 7.83. The third-order valence-electron chi connectivity index (χ3n) is 5.16. The summed E-state index contributed by atoms with van der Waals surface area (Å²) < 4.78 is 0. The summed E-state index contributed by atoms with van der Waals surface area (Å²) >= 11 is 0. The Balaban J connectivity index is 1.85. The van der Waals surface area contributed by atoms with Gasteiger partial charge in [0.2, 0.25) is 0 Å². The molecule has 1 heterocycles. The molecule has 7 nitrogen and oxygen atoms in total. The molecule has 0 aliphatic carbocycles. The fourth-order valence-corrected chi connectivity index (χ4v) is 3.52. The zero-order valence-corrected chi connectivity index (χ0v) is 16.9. The molecule has 1 saturated heterocycles. The first-order valence-electron chi connectivity index (χ1n) is 10.1. The zero-order chi connectivity index (χ0) is 20.5. The second-order valence-electron chi connectivity index (χ2n) is 7.83. The van der Waals surface area contributed by atoms with Gasteiger partial charge in [0, 0.05) is 43.7 Å². The minimum atomic E-state index is -1.05. The molecule has 0 radical (unpaired) electrons. The van der Waals surface area contributed by atoms with Crippen LogP contribution in [0.2, 0.25) is 0 Å². The Kier molecular flexibility index (Phi) is 8.73. The van der Waals surface area contributed by atoms with E-state index in [1.807, 2.05) is 29.2 Å². The fraction of sp³-hybridized carbons (Fsp3) is 0.619. The molecule has 1 aliphatic heterocycles. The summed E-state index contributed by atoms with van der Waals surface area (Å²) in [4.78, 5) is 25.1. The summed E-state index contributed by atoms with van der Waals surface area (Å²) in [7, 11) is 0. The first-order valence-corrected chi connectivity index (χ1v) is 10.1. The van der Waals surface area contributed by atoms with Crippen molar-refractivity contribution >= 4 is 12.0 Å². The maximum Gasteiger partial charge on any atom is 0.404 e. The highest BCUT2D eigenvalue weighted by molar-refractivity contribution is 5.94. The number of piperidine rings is 1. The van der Waals surface area contributed by atoms with Crippen LogP contribution < -0.4 is 10.6 Å². The minimum Gasteiger partial charge on any atom is -0.465 e. The van der Waals surface area contributed by atoms with Crippen LogP contribution in [0.15, 0.2) is 24.3 Å². The van der Waals surface area contributed by atoms with Crippen molar-refractivity contribution in [2.45, 2.75) is 58.2 Å². The molecule has 156 valence electrons. The van der Waals surface area contributed by atoms with Crippen molar-refractivity contribution in [1.29, 1.82) is 0 Å². The first-order chi connectivity index (χ1) is 13.4. The van der Waals surface area contributed by atoms with E-state index >= 15 is 0 Å². The van der Waals surface area contributed by atoms with E-state index in [1.54, 1.807) is 0 Å². The van der Waals surface area contributed by atoms with E-state index < -0.39 is 12.2 Å². The largest absolute Gasteiger partial charge is 0.465 e. The molecule has 7 heteroatoms. The molecule has 1 unspecified atom stereocenters. The summed E-state index contributed by atoms with van der Waals surface area (Å²) in [5.74, 6) is 0.0462. The predicted octanol–water partition coefficient (Wildman–Crippen LogP) is 2.45. The average molecular weight is 392 g/mol. The van der Waals surface area contributed by atoms with Gasteiger partial charge in [-0.2, -0.15) is 0 Å². The van der Waals surface area contributed by atoms with E-state index in [1.165, 1.54) is 0 Å². The lowest BCUT2D eigenvalue weighted by molar-refractivity contribution is 0.0368. The number of carboxylic acid groups (broad SMARTS) is 1. The van der Waals surface area contributed by atoms with Gasteiger partial charge < -0.3 is 25.7 Å². The molecule has 1 fully saturated rings. The van der Waals surface area contributed by atoms with Gasteiger partial charge in [0.05, 0.1) is 6.10 Å². The molecule has 1 aliphatic rings. The van der Waals surface area contributed by atoms with Crippen LogP contribution in [0.4, 0.5) is 4.79 Å². The zero-order valence-electron chi connectivity index (χ0n) is 16.9. The highest BCUT2D eigenvalue weighted by Gasteiger charge is 2.28. The molecule has 2 rings (SSSR count). The molecule has 2 amide bonds. The van der Waals surface area contributed by atoms with Gasteiger partial charge in [-0.1, -0.05) is 26.0 Å². The smallest absolute Gasteiger partial charge is 0.404 e. The number of rotatable bonds is 9. The quantitative estimate of drug-likeness (QED) is 0.484. The number of aliphatic hydroxyl groups is 1. The van der Waals surface area contributed by atoms with Gasteiger partial charge in [-0.3, -0.25) is 4.79 Å². The van der Waals surface area contributed by atoms with Crippen LogP contribution in [0.3, 0.4) is 0 Å². The van der Waals surface area contributed by atoms with Crippen LogP contribution >= 0.6 is 0 Å². The standard InChI is InChI=1S/C21H33N3O4/c1-15(2)23-13-16-7-9-17(10-8-16)20(26)24-12-4-5-18(14-24)19(25)6-3-11-22-21(27)28/h7-10,15,18-19,22-23,25H,3-6,11-14H2,1-2H3,(H,27,28)/t18-,19?/m1/s1. The molecule has 1 aromatic carbocycles. The van der Waals surface area contributed by atoms with Crippen molar-refractivity contribution in [2.75, 3.05) is 19.6 Å². The van der Waals surface area contributed by atoms with Crippen LogP contribution in [0, 0.1) is 5.92 Å². The molecule has 0 bridgehead atoms. The molecular weight excluding hydrogens is 358 g/mol. The number of benzene rings is 1. The molecule has 0 saturated carbocycles. The average Bonchev–Trinajstić information content (AvgIpc) is 2.69. The third kappa shape index (κ3) is 7.13. The van der Waals surface area contributed by atoms with Crippen LogP contribution in [-0.4, -0.2) is 58.9 Å². The number of hydrogen-bond acceptors (Lipinski definition) is 4. The summed E-state index contributed by atoms with van der Waals surface area (Å²) in [6.07, 6.45) is 1.31. The first kappa shape index (κ1) is 22.2. The Hall–Kier alpha value is -2.12. The Bertz CT molecular complexity index is 633. The van der Waals surface area contributed by atoms with Crippen LogP contribution in [-0.2, 0) is 6.54 Å². The van der Waals surface area contributed by atoms with Crippen LogP contribution in [0.25, 0.3) is 0 Å². The lowest BCUT2D eigenvalue weighted by atomic mass is 9.89. The number of carbonyl (C=O) groups is 2. The SMILES string of the molecule is CC(C)NCc1ccc(C(=O)N2CCC[C@@H](C(O)CCCNC(=O)O)C2)cc1. The Labute approximate surface area is 167 Å². The number of hydrogen-bond donors (Lipinski definition) is 4. The predicted molar refractivity (Wildman–Crippen MR) is 108 cm³/mol. The molecule has 2 atom stereocenters. The van der Waals surface area contributed by atoms with Gasteiger partial charge in [0.1, 0.15) is 0 Å². The lowest BCUT2D eigenvalue weighted by Crippen LogP contribution is -2.43. The summed E-state index contributed by atoms with van der Waals surface area (Å²) in [6.45, 7) is 6.56. The maximum absolute atomic E-state index is 12.8. The van der Waals surface area contributed by atoms with Crippen molar-refractivity contribution in [3.63, 3.8) is 0 Å². The van der Waals surface area contributed by atoms with Gasteiger partial charge >= 0.3 is 6.09 Å². The molecule has 0 spiro atoms. The van der Waals surface area contributed by atoms with E-state index in [-0.39, 0.29) is 11.8 Å². The number of nitrogens with zero attached hydrogens (tertiary/aromatic N) is 1. The van der Waals surface area contributed by atoms with Gasteiger partial charge in [-0.15, -0.1) is 0 Å². The molecule has 0 aromatic heterocycles. The van der Waals surface area contributed by atoms with E-state index in [4.69, 9.17) is 5.11 Å². The van der Waals surface area contributed by atoms with Crippen molar-refractivity contribution in [1.82, 2.24) is 15.5 Å². The van der Waals surface area contributed by atoms with Gasteiger partial charge in [0.15, 0.2) is 0 Å². The number of carbonyl (C=O) groups excluding carboxylic acids is 1. The van der Waals surface area contributed by atoms with Crippen LogP contribution in [0.5, 0.6) is 0 Å². The monoisotopic (exact) mass is 391 g/mol. The van der Waals surface area contributed by atoms with Crippen molar-refractivity contribution in [3.8, 4) is 0 Å². The highest BCUT2D eigenvalue weighted by Crippen LogP contribution is 2.23. The number of amides is 2. The molecule has 1 aromatic rings. The molecular formula is C21H33N3O4. The Morgan fingerprint density at radius 2 is 1.96 bits per heavy atom. The fourth-order valence-electron chi connectivity index (χ4n) is 3.52. The third-order valence-corrected chi connectivity index (χ3v) is 5.16. The summed E-state index contributed by atoms with van der Waals surface area (Å²) in [5, 5.41) is 24.7. The van der Waals surface area contributed by atoms with E-state index in [9.17, 15) is 14.7 Å².